The third kappa shape index (κ3) is 1.91. The van der Waals surface area contributed by atoms with Gasteiger partial charge in [0.25, 0.3) is 0 Å². The van der Waals surface area contributed by atoms with Gasteiger partial charge in [-0.25, -0.2) is 8.78 Å². The number of carboxylic acids is 1. The van der Waals surface area contributed by atoms with Crippen LogP contribution in [0.25, 0.3) is 0 Å². The molecule has 0 heterocycles. The number of halogens is 2. The van der Waals surface area contributed by atoms with E-state index in [1.807, 2.05) is 0 Å². The summed E-state index contributed by atoms with van der Waals surface area (Å²) < 4.78 is 26.4. The van der Waals surface area contributed by atoms with Crippen LogP contribution in [0.5, 0.6) is 0 Å². The second-order valence-electron chi connectivity index (χ2n) is 3.78. The lowest BCUT2D eigenvalue weighted by Crippen LogP contribution is -2.30. The Bertz CT molecular complexity index is 416. The van der Waals surface area contributed by atoms with Gasteiger partial charge in [-0.3, -0.25) is 4.79 Å². The average molecular weight is 215 g/mol. The van der Waals surface area contributed by atoms with Crippen molar-refractivity contribution in [2.75, 3.05) is 5.73 Å². The zero-order valence-electron chi connectivity index (χ0n) is 8.34. The minimum atomic E-state index is -1.49. The van der Waals surface area contributed by atoms with Gasteiger partial charge >= 0.3 is 5.97 Å². The molecule has 1 aromatic carbocycles. The fraction of sp³-hybridized carbons (Fsp3) is 0.300. The third-order valence-corrected chi connectivity index (χ3v) is 2.29. The molecule has 0 spiro atoms. The molecule has 15 heavy (non-hydrogen) atoms. The Morgan fingerprint density at radius 2 is 1.87 bits per heavy atom. The summed E-state index contributed by atoms with van der Waals surface area (Å²) >= 11 is 0. The Kier molecular flexibility index (Phi) is 2.66. The molecule has 3 nitrogen and oxygen atoms in total. The molecule has 0 aliphatic carbocycles. The predicted octanol–water partition coefficient (Wildman–Crippen LogP) is 1.91. The summed E-state index contributed by atoms with van der Waals surface area (Å²) in [6, 6.07) is 1.61. The highest BCUT2D eigenvalue weighted by Gasteiger charge is 2.33. The minimum Gasteiger partial charge on any atom is -0.481 e. The molecule has 0 amide bonds. The normalized spacial score (nSPS) is 11.5. The van der Waals surface area contributed by atoms with E-state index in [4.69, 9.17) is 10.8 Å². The number of hydrogen-bond acceptors (Lipinski definition) is 2. The molecule has 0 saturated heterocycles. The molecule has 3 N–H and O–H groups in total. The number of hydrogen-bond donors (Lipinski definition) is 2. The third-order valence-electron chi connectivity index (χ3n) is 2.29. The maximum absolute atomic E-state index is 13.4. The van der Waals surface area contributed by atoms with Gasteiger partial charge in [0.05, 0.1) is 11.1 Å². The molecule has 0 fully saturated rings. The van der Waals surface area contributed by atoms with Crippen molar-refractivity contribution in [3.05, 3.63) is 29.3 Å². The number of benzene rings is 1. The van der Waals surface area contributed by atoms with E-state index in [1.165, 1.54) is 13.8 Å². The van der Waals surface area contributed by atoms with Gasteiger partial charge in [0.1, 0.15) is 11.6 Å². The number of aliphatic carboxylic acids is 1. The summed E-state index contributed by atoms with van der Waals surface area (Å²) in [6.07, 6.45) is 0. The molecule has 0 saturated carbocycles. The first-order chi connectivity index (χ1) is 6.76. The van der Waals surface area contributed by atoms with Crippen molar-refractivity contribution in [3.8, 4) is 0 Å². The summed E-state index contributed by atoms with van der Waals surface area (Å²) in [4.78, 5) is 10.8. The van der Waals surface area contributed by atoms with E-state index in [0.717, 1.165) is 12.1 Å². The number of nitrogens with two attached hydrogens (primary N) is 1. The fourth-order valence-corrected chi connectivity index (χ4v) is 1.16. The molecule has 0 bridgehead atoms. The molecule has 5 heteroatoms. The van der Waals surface area contributed by atoms with Crippen LogP contribution in [0.4, 0.5) is 14.5 Å². The van der Waals surface area contributed by atoms with Crippen molar-refractivity contribution in [3.63, 3.8) is 0 Å². The van der Waals surface area contributed by atoms with Crippen LogP contribution in [0.1, 0.15) is 19.4 Å². The Labute approximate surface area is 85.5 Å². The molecule has 0 aromatic heterocycles. The lowest BCUT2D eigenvalue weighted by atomic mass is 9.84. The Balaban J connectivity index is 3.38. The molecular weight excluding hydrogens is 204 g/mol. The minimum absolute atomic E-state index is 0.221. The number of rotatable bonds is 2. The molecule has 82 valence electrons. The van der Waals surface area contributed by atoms with E-state index in [9.17, 15) is 13.6 Å². The summed E-state index contributed by atoms with van der Waals surface area (Å²) in [5.74, 6) is -2.87. The van der Waals surface area contributed by atoms with Crippen LogP contribution in [0.3, 0.4) is 0 Å². The molecule has 0 unspecified atom stereocenters. The van der Waals surface area contributed by atoms with Crippen LogP contribution in [0.2, 0.25) is 0 Å². The zero-order valence-corrected chi connectivity index (χ0v) is 8.34. The van der Waals surface area contributed by atoms with E-state index >= 15 is 0 Å². The van der Waals surface area contributed by atoms with Crippen LogP contribution >= 0.6 is 0 Å². The van der Waals surface area contributed by atoms with E-state index < -0.39 is 23.0 Å². The second kappa shape index (κ2) is 3.49. The van der Waals surface area contributed by atoms with Gasteiger partial charge < -0.3 is 10.8 Å². The molecule has 1 aromatic rings. The molecule has 1 rings (SSSR count). The molecule has 0 atom stereocenters. The monoisotopic (exact) mass is 215 g/mol. The van der Waals surface area contributed by atoms with E-state index in [-0.39, 0.29) is 11.3 Å². The largest absolute Gasteiger partial charge is 0.481 e. The predicted molar refractivity (Wildman–Crippen MR) is 51.4 cm³/mol. The van der Waals surface area contributed by atoms with Crippen molar-refractivity contribution in [2.24, 2.45) is 0 Å². The maximum atomic E-state index is 13.4. The number of carboxylic acid groups (broad SMARTS) is 1. The molecule has 0 radical (unpaired) electrons. The Morgan fingerprint density at radius 3 is 2.33 bits per heavy atom. The van der Waals surface area contributed by atoms with Crippen molar-refractivity contribution >= 4 is 11.7 Å². The Hall–Kier alpha value is -1.65. The lowest BCUT2D eigenvalue weighted by molar-refractivity contribution is -0.142. The quantitative estimate of drug-likeness (QED) is 0.740. The molecular formula is C10H11F2NO2. The van der Waals surface area contributed by atoms with Crippen LogP contribution in [0.15, 0.2) is 12.1 Å². The van der Waals surface area contributed by atoms with Gasteiger partial charge in [-0.2, -0.15) is 0 Å². The molecule has 0 aliphatic rings. The SMILES string of the molecule is CC(C)(C(=O)O)c1cc(F)c(N)cc1F. The smallest absolute Gasteiger partial charge is 0.313 e. The lowest BCUT2D eigenvalue weighted by Gasteiger charge is -2.20. The van der Waals surface area contributed by atoms with Crippen molar-refractivity contribution in [2.45, 2.75) is 19.3 Å². The van der Waals surface area contributed by atoms with Gasteiger partial charge in [-0.15, -0.1) is 0 Å². The summed E-state index contributed by atoms with van der Waals surface area (Å²) in [5, 5.41) is 8.86. The van der Waals surface area contributed by atoms with E-state index in [1.54, 1.807) is 0 Å². The highest BCUT2D eigenvalue weighted by atomic mass is 19.1. The van der Waals surface area contributed by atoms with E-state index in [2.05, 4.69) is 0 Å². The van der Waals surface area contributed by atoms with Crippen LogP contribution < -0.4 is 5.73 Å². The first kappa shape index (κ1) is 11.4. The highest BCUT2D eigenvalue weighted by Crippen LogP contribution is 2.28. The summed E-state index contributed by atoms with van der Waals surface area (Å²) in [5.41, 5.74) is 3.10. The van der Waals surface area contributed by atoms with Gasteiger partial charge in [0.2, 0.25) is 0 Å². The van der Waals surface area contributed by atoms with Crippen molar-refractivity contribution < 1.29 is 18.7 Å². The maximum Gasteiger partial charge on any atom is 0.313 e. The first-order valence-corrected chi connectivity index (χ1v) is 4.25. The van der Waals surface area contributed by atoms with Crippen LogP contribution in [-0.2, 0) is 10.2 Å². The van der Waals surface area contributed by atoms with Gasteiger partial charge in [-0.05, 0) is 19.9 Å². The van der Waals surface area contributed by atoms with Crippen molar-refractivity contribution in [1.29, 1.82) is 0 Å². The standard InChI is InChI=1S/C10H11F2NO2/c1-10(2,9(14)15)5-3-7(12)8(13)4-6(5)11/h3-4H,13H2,1-2H3,(H,14,15). The van der Waals surface area contributed by atoms with Gasteiger partial charge in [-0.1, -0.05) is 0 Å². The van der Waals surface area contributed by atoms with Gasteiger partial charge in [0, 0.05) is 11.6 Å². The second-order valence-corrected chi connectivity index (χ2v) is 3.78. The highest BCUT2D eigenvalue weighted by molar-refractivity contribution is 5.80. The molecule has 0 aliphatic heterocycles. The number of anilines is 1. The van der Waals surface area contributed by atoms with Crippen LogP contribution in [-0.4, -0.2) is 11.1 Å². The number of carbonyl (C=O) groups is 1. The zero-order chi connectivity index (χ0) is 11.8. The topological polar surface area (TPSA) is 63.3 Å². The summed E-state index contributed by atoms with van der Waals surface area (Å²) in [6.45, 7) is 2.59. The average Bonchev–Trinajstić information content (AvgIpc) is 2.10. The first-order valence-electron chi connectivity index (χ1n) is 4.25. The number of nitrogen functional groups attached to an aromatic ring is 1. The fourth-order valence-electron chi connectivity index (χ4n) is 1.16. The van der Waals surface area contributed by atoms with Gasteiger partial charge in [0.15, 0.2) is 0 Å². The van der Waals surface area contributed by atoms with Crippen LogP contribution in [0, 0.1) is 11.6 Å². The Morgan fingerprint density at radius 1 is 1.33 bits per heavy atom. The van der Waals surface area contributed by atoms with E-state index in [0.29, 0.717) is 0 Å². The summed E-state index contributed by atoms with van der Waals surface area (Å²) in [7, 11) is 0. The van der Waals surface area contributed by atoms with Crippen molar-refractivity contribution in [1.82, 2.24) is 0 Å².